The summed E-state index contributed by atoms with van der Waals surface area (Å²) in [5.74, 6) is -0.103. The third kappa shape index (κ3) is 5.83. The molecule has 1 aromatic heterocycles. The number of nitriles is 1. The van der Waals surface area contributed by atoms with Crippen LogP contribution < -0.4 is 5.32 Å². The van der Waals surface area contributed by atoms with E-state index in [2.05, 4.69) is 66.5 Å². The minimum atomic E-state index is -0.985. The first kappa shape index (κ1) is 27.3. The molecule has 0 aliphatic heterocycles. The maximum atomic E-state index is 14.1. The van der Waals surface area contributed by atoms with Crippen LogP contribution in [0.1, 0.15) is 37.4 Å². The number of carbonyl (C=O) groups is 1. The van der Waals surface area contributed by atoms with Crippen molar-refractivity contribution in [2.24, 2.45) is 16.7 Å². The van der Waals surface area contributed by atoms with Crippen molar-refractivity contribution in [1.82, 2.24) is 4.98 Å². The first-order chi connectivity index (χ1) is 19.4. The number of nitrogens with zero attached hydrogens (tertiary/aromatic N) is 2. The Balaban J connectivity index is 1.36. The fourth-order valence-corrected chi connectivity index (χ4v) is 6.26. The van der Waals surface area contributed by atoms with Crippen LogP contribution in [0.25, 0.3) is 11.1 Å². The molecular weight excluding hydrogens is 510 g/mol. The summed E-state index contributed by atoms with van der Waals surface area (Å²) in [5, 5.41) is 16.1. The van der Waals surface area contributed by atoms with E-state index in [-0.39, 0.29) is 11.8 Å². The lowest BCUT2D eigenvalue weighted by molar-refractivity contribution is -0.129. The van der Waals surface area contributed by atoms with Crippen LogP contribution in [0, 0.1) is 28.1 Å². The van der Waals surface area contributed by atoms with E-state index in [0.29, 0.717) is 23.5 Å². The van der Waals surface area contributed by atoms with Crippen molar-refractivity contribution in [3.05, 3.63) is 132 Å². The Kier molecular flexibility index (Phi) is 8.09. The van der Waals surface area contributed by atoms with Crippen LogP contribution in [0.2, 0.25) is 0 Å². The van der Waals surface area contributed by atoms with Crippen LogP contribution in [0.5, 0.6) is 0 Å². The van der Waals surface area contributed by atoms with Crippen LogP contribution in [-0.2, 0) is 11.2 Å². The summed E-state index contributed by atoms with van der Waals surface area (Å²) in [7, 11) is 0. The zero-order valence-electron chi connectivity index (χ0n) is 22.7. The van der Waals surface area contributed by atoms with Crippen molar-refractivity contribution in [1.29, 1.82) is 5.26 Å². The Morgan fingerprint density at radius 1 is 1.05 bits per heavy atom. The van der Waals surface area contributed by atoms with Gasteiger partial charge in [-0.2, -0.15) is 5.26 Å². The molecule has 40 heavy (non-hydrogen) atoms. The lowest BCUT2D eigenvalue weighted by atomic mass is 9.62. The van der Waals surface area contributed by atoms with E-state index in [1.807, 2.05) is 67.0 Å². The molecule has 5 rings (SSSR count). The predicted molar refractivity (Wildman–Crippen MR) is 165 cm³/mol. The summed E-state index contributed by atoms with van der Waals surface area (Å²) < 4.78 is 0. The molecule has 2 aromatic carbocycles. The highest BCUT2D eigenvalue weighted by molar-refractivity contribution is 7.13. The number of aromatic nitrogens is 1. The number of hydrogen-bond acceptors (Lipinski definition) is 4. The molecule has 4 nitrogen and oxygen atoms in total. The minimum Gasteiger partial charge on any atom is -0.301 e. The molecule has 3 aromatic rings. The van der Waals surface area contributed by atoms with Crippen LogP contribution in [0.3, 0.4) is 0 Å². The molecular formula is C35H33N3OS. The monoisotopic (exact) mass is 543 g/mol. The van der Waals surface area contributed by atoms with Crippen molar-refractivity contribution < 1.29 is 4.79 Å². The summed E-state index contributed by atoms with van der Waals surface area (Å²) in [6, 6.07) is 21.3. The Morgan fingerprint density at radius 3 is 2.48 bits per heavy atom. The Morgan fingerprint density at radius 2 is 1.75 bits per heavy atom. The Labute approximate surface area is 240 Å². The lowest BCUT2D eigenvalue weighted by Crippen LogP contribution is -2.44. The molecule has 1 amide bonds. The van der Waals surface area contributed by atoms with Crippen LogP contribution >= 0.6 is 11.3 Å². The van der Waals surface area contributed by atoms with Crippen LogP contribution in [-0.4, -0.2) is 10.9 Å². The van der Waals surface area contributed by atoms with Crippen LogP contribution in [0.15, 0.2) is 121 Å². The van der Waals surface area contributed by atoms with Gasteiger partial charge in [0.2, 0.25) is 5.91 Å². The Bertz CT molecular complexity index is 1540. The Hall–Kier alpha value is -4.27. The summed E-state index contributed by atoms with van der Waals surface area (Å²) in [5.41, 5.74) is 3.32. The van der Waals surface area contributed by atoms with Crippen molar-refractivity contribution in [3.8, 4) is 17.2 Å². The fourth-order valence-electron chi connectivity index (χ4n) is 5.56. The van der Waals surface area contributed by atoms with Gasteiger partial charge < -0.3 is 5.32 Å². The van der Waals surface area contributed by atoms with Crippen LogP contribution in [0.4, 0.5) is 5.13 Å². The van der Waals surface area contributed by atoms with E-state index >= 15 is 0 Å². The largest absolute Gasteiger partial charge is 0.301 e. The van der Waals surface area contributed by atoms with Crippen molar-refractivity contribution in [3.63, 3.8) is 0 Å². The number of allylic oxidation sites excluding steroid dienone is 9. The van der Waals surface area contributed by atoms with E-state index in [0.717, 1.165) is 24.1 Å². The number of carbonyl (C=O) groups excluding carboxylic acids is 1. The molecule has 1 N–H and O–H groups in total. The first-order valence-corrected chi connectivity index (χ1v) is 14.5. The van der Waals surface area contributed by atoms with Crippen molar-refractivity contribution in [2.45, 2.75) is 32.6 Å². The zero-order chi connectivity index (χ0) is 28.0. The van der Waals surface area contributed by atoms with E-state index in [1.165, 1.54) is 22.5 Å². The summed E-state index contributed by atoms with van der Waals surface area (Å²) in [4.78, 5) is 18.8. The van der Waals surface area contributed by atoms with Gasteiger partial charge in [0.1, 0.15) is 5.41 Å². The molecule has 0 saturated carbocycles. The molecule has 3 atom stereocenters. The summed E-state index contributed by atoms with van der Waals surface area (Å²) in [6.07, 6.45) is 18.2. The maximum absolute atomic E-state index is 14.1. The molecule has 200 valence electrons. The van der Waals surface area contributed by atoms with Gasteiger partial charge in [-0.25, -0.2) is 4.98 Å². The van der Waals surface area contributed by atoms with Gasteiger partial charge in [-0.15, -0.1) is 11.3 Å². The highest BCUT2D eigenvalue weighted by Crippen LogP contribution is 2.48. The van der Waals surface area contributed by atoms with E-state index in [9.17, 15) is 10.1 Å². The van der Waals surface area contributed by atoms with Gasteiger partial charge in [-0.1, -0.05) is 117 Å². The number of thiazole rings is 1. The molecule has 2 aliphatic carbocycles. The lowest BCUT2D eigenvalue weighted by Gasteiger charge is -2.40. The first-order valence-electron chi connectivity index (χ1n) is 13.6. The van der Waals surface area contributed by atoms with Gasteiger partial charge in [-0.05, 0) is 47.4 Å². The average molecular weight is 544 g/mol. The van der Waals surface area contributed by atoms with E-state index < -0.39 is 10.8 Å². The smallest absolute Gasteiger partial charge is 0.232 e. The van der Waals surface area contributed by atoms with Gasteiger partial charge in [-0.3, -0.25) is 4.79 Å². The second-order valence-corrected chi connectivity index (χ2v) is 11.6. The normalized spacial score (nSPS) is 27.3. The second kappa shape index (κ2) is 11.9. The van der Waals surface area contributed by atoms with E-state index in [1.54, 1.807) is 0 Å². The van der Waals surface area contributed by atoms with Crippen molar-refractivity contribution in [2.75, 3.05) is 5.32 Å². The fraction of sp³-hybridized carbons (Fsp3) is 0.229. The van der Waals surface area contributed by atoms with Gasteiger partial charge in [0.25, 0.3) is 0 Å². The summed E-state index contributed by atoms with van der Waals surface area (Å²) in [6.45, 7) is 6.21. The molecule has 2 bridgehead atoms. The number of amides is 1. The highest BCUT2D eigenvalue weighted by Gasteiger charge is 2.48. The molecule has 1 heterocycles. The van der Waals surface area contributed by atoms with Gasteiger partial charge in [0.05, 0.1) is 17.2 Å². The number of anilines is 1. The maximum Gasteiger partial charge on any atom is 0.232 e. The number of fused-ring (bicyclic) bond motifs is 3. The molecule has 0 spiro atoms. The zero-order valence-corrected chi connectivity index (χ0v) is 23.5. The number of rotatable bonds is 5. The third-order valence-corrected chi connectivity index (χ3v) is 8.88. The van der Waals surface area contributed by atoms with E-state index in [4.69, 9.17) is 4.98 Å². The standard InChI is InChI=1S/C35H33N3OS/c1-26-12-6-3-9-15-30-16-10-5-11-21-35(26,25-36)24-34(30,2)32(39)38-33-37-31(23-40-33)22-27-17-19-29(20-18-27)28-13-7-4-8-14-28/h3-14,17-21,23,30H,1,15-16,22,24H2,2H3,(H,37,38,39)/b9-3-,10-5-,12-6-,21-11-. The minimum absolute atomic E-state index is 0.00878. The van der Waals surface area contributed by atoms with Crippen molar-refractivity contribution >= 4 is 22.4 Å². The third-order valence-electron chi connectivity index (χ3n) is 8.07. The van der Waals surface area contributed by atoms with Gasteiger partial charge >= 0.3 is 0 Å². The average Bonchev–Trinajstić information content (AvgIpc) is 3.43. The topological polar surface area (TPSA) is 65.8 Å². The highest BCUT2D eigenvalue weighted by atomic mass is 32.1. The molecule has 0 radical (unpaired) electrons. The number of hydrogen-bond donors (Lipinski definition) is 1. The van der Waals surface area contributed by atoms with Gasteiger partial charge in [0.15, 0.2) is 5.13 Å². The summed E-state index contributed by atoms with van der Waals surface area (Å²) >= 11 is 1.44. The molecule has 3 unspecified atom stereocenters. The predicted octanol–water partition coefficient (Wildman–Crippen LogP) is 8.45. The SMILES string of the molecule is C=C1/C=C\C=C/CC2C/C=C\C=C/C1(C#N)CC2(C)C(=O)Nc1nc(Cc2ccc(-c3ccccc3)cc2)cs1. The molecule has 0 saturated heterocycles. The van der Waals surface area contributed by atoms with Gasteiger partial charge in [0, 0.05) is 11.8 Å². The number of benzene rings is 2. The molecule has 0 fully saturated rings. The number of nitrogens with one attached hydrogen (secondary N) is 1. The molecule has 5 heteroatoms. The second-order valence-electron chi connectivity index (χ2n) is 10.8. The molecule has 2 aliphatic rings. The quantitative estimate of drug-likeness (QED) is 0.351.